The van der Waals surface area contributed by atoms with Crippen molar-refractivity contribution in [1.29, 1.82) is 0 Å². The van der Waals surface area contributed by atoms with Crippen LogP contribution in [0.5, 0.6) is 0 Å². The Morgan fingerprint density at radius 3 is 2.24 bits per heavy atom. The number of nitrogens with one attached hydrogen (secondary N) is 1. The Balaban J connectivity index is 2.34. The lowest BCUT2D eigenvalue weighted by Gasteiger charge is -2.24. The van der Waals surface area contributed by atoms with Crippen LogP contribution in [0.25, 0.3) is 0 Å². The number of imide groups is 1. The zero-order valence-corrected chi connectivity index (χ0v) is 13.0. The molecule has 1 saturated heterocycles. The first-order valence-corrected chi connectivity index (χ1v) is 7.27. The number of hydrogen-bond acceptors (Lipinski definition) is 3. The number of carbonyl (C=O) groups excluding carboxylic acids is 2. The van der Waals surface area contributed by atoms with E-state index >= 15 is 0 Å². The van der Waals surface area contributed by atoms with Crippen LogP contribution in [-0.4, -0.2) is 29.4 Å². The third-order valence-corrected chi connectivity index (χ3v) is 4.16. The molecule has 5 heteroatoms. The Labute approximate surface area is 125 Å². The number of nitrogens with zero attached hydrogens (tertiary/aromatic N) is 1. The number of nitrogens with two attached hydrogens (primary N) is 1. The smallest absolute Gasteiger partial charge is 0.325 e. The maximum atomic E-state index is 12.6. The molecule has 21 heavy (non-hydrogen) atoms. The van der Waals surface area contributed by atoms with E-state index in [1.165, 1.54) is 10.5 Å². The van der Waals surface area contributed by atoms with Crippen LogP contribution in [-0.2, 0) is 10.3 Å². The predicted octanol–water partition coefficient (Wildman–Crippen LogP) is 1.92. The average Bonchev–Trinajstić information content (AvgIpc) is 2.69. The second-order valence-corrected chi connectivity index (χ2v) is 6.09. The van der Waals surface area contributed by atoms with Gasteiger partial charge in [0.25, 0.3) is 5.91 Å². The summed E-state index contributed by atoms with van der Waals surface area (Å²) in [5, 5.41) is 2.79. The topological polar surface area (TPSA) is 75.4 Å². The molecule has 0 radical (unpaired) electrons. The molecule has 0 aromatic heterocycles. The molecule has 1 aliphatic rings. The van der Waals surface area contributed by atoms with Crippen molar-refractivity contribution in [3.8, 4) is 0 Å². The fourth-order valence-electron chi connectivity index (χ4n) is 2.56. The quantitative estimate of drug-likeness (QED) is 0.832. The summed E-state index contributed by atoms with van der Waals surface area (Å²) in [4.78, 5) is 26.0. The standard InChI is InChI=1S/C16H23N3O2/c1-10(2)12-5-7-13(8-6-12)16(4)14(20)19(11(3)9-17)15(21)18-16/h5-8,10-11H,9,17H2,1-4H3,(H,18,21). The summed E-state index contributed by atoms with van der Waals surface area (Å²) in [6.07, 6.45) is 0. The second-order valence-electron chi connectivity index (χ2n) is 6.09. The Bertz CT molecular complexity index is 553. The predicted molar refractivity (Wildman–Crippen MR) is 81.8 cm³/mol. The van der Waals surface area contributed by atoms with Crippen molar-refractivity contribution >= 4 is 11.9 Å². The van der Waals surface area contributed by atoms with Crippen LogP contribution in [0.1, 0.15) is 44.7 Å². The summed E-state index contributed by atoms with van der Waals surface area (Å²) < 4.78 is 0. The highest BCUT2D eigenvalue weighted by Crippen LogP contribution is 2.30. The Kier molecular flexibility index (Phi) is 4.05. The summed E-state index contributed by atoms with van der Waals surface area (Å²) in [5.74, 6) is 0.178. The van der Waals surface area contributed by atoms with Crippen LogP contribution in [0, 0.1) is 0 Å². The summed E-state index contributed by atoms with van der Waals surface area (Å²) >= 11 is 0. The first kappa shape index (κ1) is 15.5. The molecule has 1 aromatic carbocycles. The minimum absolute atomic E-state index is 0.247. The minimum Gasteiger partial charge on any atom is -0.328 e. The molecule has 5 nitrogen and oxygen atoms in total. The minimum atomic E-state index is -1.02. The third-order valence-electron chi connectivity index (χ3n) is 4.16. The molecule has 2 atom stereocenters. The fourth-order valence-corrected chi connectivity index (χ4v) is 2.56. The van der Waals surface area contributed by atoms with Crippen molar-refractivity contribution in [3.63, 3.8) is 0 Å². The first-order chi connectivity index (χ1) is 9.81. The summed E-state index contributed by atoms with van der Waals surface area (Å²) in [6, 6.07) is 7.12. The van der Waals surface area contributed by atoms with Crippen LogP contribution in [0.2, 0.25) is 0 Å². The van der Waals surface area contributed by atoms with Crippen molar-refractivity contribution in [2.24, 2.45) is 5.73 Å². The Hall–Kier alpha value is -1.88. The van der Waals surface area contributed by atoms with Crippen LogP contribution in [0.3, 0.4) is 0 Å². The fraction of sp³-hybridized carbons (Fsp3) is 0.500. The molecule has 1 fully saturated rings. The van der Waals surface area contributed by atoms with Crippen molar-refractivity contribution in [3.05, 3.63) is 35.4 Å². The molecule has 0 bridgehead atoms. The van der Waals surface area contributed by atoms with Crippen LogP contribution in [0.15, 0.2) is 24.3 Å². The van der Waals surface area contributed by atoms with E-state index < -0.39 is 5.54 Å². The lowest BCUT2D eigenvalue weighted by atomic mass is 9.90. The Morgan fingerprint density at radius 2 is 1.76 bits per heavy atom. The average molecular weight is 289 g/mol. The number of hydrogen-bond donors (Lipinski definition) is 2. The molecule has 3 amide bonds. The maximum Gasteiger partial charge on any atom is 0.325 e. The molecular weight excluding hydrogens is 266 g/mol. The normalized spacial score (nSPS) is 23.6. The summed E-state index contributed by atoms with van der Waals surface area (Å²) in [6.45, 7) is 7.99. The largest absolute Gasteiger partial charge is 0.328 e. The van der Waals surface area contributed by atoms with E-state index in [9.17, 15) is 9.59 Å². The highest BCUT2D eigenvalue weighted by Gasteiger charge is 2.50. The lowest BCUT2D eigenvalue weighted by molar-refractivity contribution is -0.132. The van der Waals surface area contributed by atoms with Crippen LogP contribution >= 0.6 is 0 Å². The molecule has 0 saturated carbocycles. The zero-order chi connectivity index (χ0) is 15.8. The number of benzene rings is 1. The molecule has 1 aliphatic heterocycles. The van der Waals surface area contributed by atoms with Crippen molar-refractivity contribution in [1.82, 2.24) is 10.2 Å². The highest BCUT2D eigenvalue weighted by atomic mass is 16.2. The first-order valence-electron chi connectivity index (χ1n) is 7.27. The van der Waals surface area contributed by atoms with Gasteiger partial charge in [0.15, 0.2) is 0 Å². The van der Waals surface area contributed by atoms with E-state index in [-0.39, 0.29) is 24.5 Å². The van der Waals surface area contributed by atoms with Gasteiger partial charge in [0, 0.05) is 6.54 Å². The molecular formula is C16H23N3O2. The van der Waals surface area contributed by atoms with E-state index in [0.29, 0.717) is 5.92 Å². The lowest BCUT2D eigenvalue weighted by Crippen LogP contribution is -2.45. The molecule has 1 heterocycles. The van der Waals surface area contributed by atoms with Gasteiger partial charge in [-0.25, -0.2) is 4.79 Å². The molecule has 0 spiro atoms. The van der Waals surface area contributed by atoms with Gasteiger partial charge in [0.1, 0.15) is 5.54 Å². The number of carbonyl (C=O) groups is 2. The van der Waals surface area contributed by atoms with Crippen molar-refractivity contribution in [2.75, 3.05) is 6.54 Å². The zero-order valence-electron chi connectivity index (χ0n) is 13.0. The van der Waals surface area contributed by atoms with Crippen molar-refractivity contribution in [2.45, 2.75) is 45.2 Å². The molecule has 2 unspecified atom stereocenters. The number of urea groups is 1. The van der Waals surface area contributed by atoms with Gasteiger partial charge in [-0.2, -0.15) is 0 Å². The van der Waals surface area contributed by atoms with Crippen LogP contribution < -0.4 is 11.1 Å². The molecule has 3 N–H and O–H groups in total. The van der Waals surface area contributed by atoms with Gasteiger partial charge in [-0.05, 0) is 30.9 Å². The third kappa shape index (κ3) is 2.53. The summed E-state index contributed by atoms with van der Waals surface area (Å²) in [5.41, 5.74) is 6.55. The van der Waals surface area contributed by atoms with Crippen molar-refractivity contribution < 1.29 is 9.59 Å². The maximum absolute atomic E-state index is 12.6. The second kappa shape index (κ2) is 5.48. The molecule has 2 rings (SSSR count). The van der Waals surface area contributed by atoms with E-state index in [2.05, 4.69) is 19.2 Å². The highest BCUT2D eigenvalue weighted by molar-refractivity contribution is 6.07. The van der Waals surface area contributed by atoms with Gasteiger partial charge < -0.3 is 11.1 Å². The monoisotopic (exact) mass is 289 g/mol. The van der Waals surface area contributed by atoms with E-state index in [1.54, 1.807) is 13.8 Å². The number of amides is 3. The Morgan fingerprint density at radius 1 is 1.19 bits per heavy atom. The van der Waals surface area contributed by atoms with Gasteiger partial charge in [0.05, 0.1) is 6.04 Å². The molecule has 1 aromatic rings. The summed E-state index contributed by atoms with van der Waals surface area (Å²) in [7, 11) is 0. The van der Waals surface area contributed by atoms with Gasteiger partial charge in [-0.1, -0.05) is 38.1 Å². The van der Waals surface area contributed by atoms with E-state index in [1.807, 2.05) is 24.3 Å². The van der Waals surface area contributed by atoms with Crippen LogP contribution in [0.4, 0.5) is 4.79 Å². The number of rotatable bonds is 4. The van der Waals surface area contributed by atoms with Gasteiger partial charge in [-0.3, -0.25) is 9.69 Å². The van der Waals surface area contributed by atoms with E-state index in [4.69, 9.17) is 5.73 Å². The SMILES string of the molecule is CC(C)c1ccc(C2(C)NC(=O)N(C(C)CN)C2=O)cc1. The van der Waals surface area contributed by atoms with Gasteiger partial charge in [0.2, 0.25) is 0 Å². The molecule has 0 aliphatic carbocycles. The van der Waals surface area contributed by atoms with Gasteiger partial charge >= 0.3 is 6.03 Å². The molecule has 114 valence electrons. The van der Waals surface area contributed by atoms with Gasteiger partial charge in [-0.15, -0.1) is 0 Å². The van der Waals surface area contributed by atoms with E-state index in [0.717, 1.165) is 5.56 Å².